The second kappa shape index (κ2) is 7.30. The molecule has 3 N–H and O–H groups in total. The zero-order valence-electron chi connectivity index (χ0n) is 17.0. The van der Waals surface area contributed by atoms with Crippen LogP contribution >= 0.6 is 0 Å². The molecule has 2 aromatic rings. The number of hydrogen-bond donors (Lipinski definition) is 3. The minimum absolute atomic E-state index is 0.0793. The molecule has 170 valence electrons. The first-order valence-electron chi connectivity index (χ1n) is 9.99. The average Bonchev–Trinajstić information content (AvgIpc) is 2.96. The van der Waals surface area contributed by atoms with Crippen LogP contribution in [-0.2, 0) is 4.79 Å². The van der Waals surface area contributed by atoms with Crippen LogP contribution in [-0.4, -0.2) is 33.4 Å². The summed E-state index contributed by atoms with van der Waals surface area (Å²) in [7, 11) is 0. The lowest BCUT2D eigenvalue weighted by molar-refractivity contribution is -0.272. The number of carbonyl (C=O) groups is 1. The zero-order chi connectivity index (χ0) is 23.5. The summed E-state index contributed by atoms with van der Waals surface area (Å²) < 4.78 is 66.4. The number of benzene rings is 2. The first-order valence-corrected chi connectivity index (χ1v) is 9.99. The van der Waals surface area contributed by atoms with Gasteiger partial charge < -0.3 is 15.5 Å². The molecule has 1 aliphatic heterocycles. The Balaban J connectivity index is 1.73. The first-order chi connectivity index (χ1) is 14.9. The first kappa shape index (κ1) is 22.3. The number of aliphatic hydroxyl groups excluding tert-OH is 1. The molecule has 0 aromatic heterocycles. The maximum Gasteiger partial charge on any atom is 0.417 e. The molecule has 1 amide bonds. The van der Waals surface area contributed by atoms with Crippen molar-refractivity contribution in [3.05, 3.63) is 64.9 Å². The van der Waals surface area contributed by atoms with Gasteiger partial charge >= 0.3 is 6.18 Å². The molecule has 2 aromatic carbocycles. The predicted octanol–water partition coefficient (Wildman–Crippen LogP) is 4.95. The Labute approximate surface area is 180 Å². The number of nitrogens with one attached hydrogen (secondary N) is 1. The highest BCUT2D eigenvalue weighted by Gasteiger charge is 2.59. The molecule has 0 atom stereocenters. The second-order valence-electron chi connectivity index (χ2n) is 8.45. The van der Waals surface area contributed by atoms with Crippen molar-refractivity contribution in [3.63, 3.8) is 0 Å². The summed E-state index contributed by atoms with van der Waals surface area (Å²) in [5.41, 5.74) is -2.59. The summed E-state index contributed by atoms with van der Waals surface area (Å²) in [4.78, 5) is 12.8. The monoisotopic (exact) mass is 453 g/mol. The van der Waals surface area contributed by atoms with E-state index in [1.54, 1.807) is 25.1 Å². The topological polar surface area (TPSA) is 69.6 Å². The van der Waals surface area contributed by atoms with Crippen LogP contribution in [0.5, 0.6) is 0 Å². The molecule has 0 saturated heterocycles. The van der Waals surface area contributed by atoms with Gasteiger partial charge in [0, 0.05) is 0 Å². The minimum Gasteiger partial charge on any atom is -0.509 e. The maximum absolute atomic E-state index is 13.7. The van der Waals surface area contributed by atoms with Crippen LogP contribution in [0.25, 0.3) is 16.7 Å². The molecule has 4 nitrogen and oxygen atoms in total. The molecule has 32 heavy (non-hydrogen) atoms. The van der Waals surface area contributed by atoms with Gasteiger partial charge in [-0.05, 0) is 73.1 Å². The molecule has 1 aliphatic carbocycles. The molecule has 0 bridgehead atoms. The summed E-state index contributed by atoms with van der Waals surface area (Å²) >= 11 is 0. The number of carbonyl (C=O) groups excluding carboxylic acids is 1. The summed E-state index contributed by atoms with van der Waals surface area (Å²) in [5, 5.41) is 23.5. The molecule has 1 spiro atoms. The molecule has 0 unspecified atom stereocenters. The Morgan fingerprint density at radius 3 is 2.12 bits per heavy atom. The maximum atomic E-state index is 13.7. The largest absolute Gasteiger partial charge is 0.509 e. The summed E-state index contributed by atoms with van der Waals surface area (Å²) in [5.74, 6) is -3.07. The quantitative estimate of drug-likeness (QED) is 0.564. The summed E-state index contributed by atoms with van der Waals surface area (Å²) in [6.07, 6.45) is -6.71. The zero-order valence-corrected chi connectivity index (χ0v) is 17.0. The number of hydrogen-bond acceptors (Lipinski definition) is 3. The van der Waals surface area contributed by atoms with E-state index >= 15 is 0 Å². The van der Waals surface area contributed by atoms with Crippen molar-refractivity contribution in [2.45, 2.75) is 49.9 Å². The Kier molecular flexibility index (Phi) is 5.08. The van der Waals surface area contributed by atoms with Gasteiger partial charge in [0.05, 0.1) is 11.1 Å². The van der Waals surface area contributed by atoms with Crippen LogP contribution in [0, 0.1) is 18.6 Å². The van der Waals surface area contributed by atoms with Crippen LogP contribution in [0.15, 0.2) is 42.2 Å². The highest BCUT2D eigenvalue weighted by atomic mass is 19.4. The van der Waals surface area contributed by atoms with E-state index in [0.717, 1.165) is 12.1 Å². The highest BCUT2D eigenvalue weighted by Crippen LogP contribution is 2.49. The van der Waals surface area contributed by atoms with E-state index in [2.05, 4.69) is 5.32 Å². The van der Waals surface area contributed by atoms with Crippen LogP contribution in [0.4, 0.5) is 22.0 Å². The van der Waals surface area contributed by atoms with Crippen LogP contribution in [0.3, 0.4) is 0 Å². The van der Waals surface area contributed by atoms with Crippen molar-refractivity contribution in [1.82, 2.24) is 5.32 Å². The standard InChI is InChI=1S/C23H20F5NO3/c1-12-2-3-13(14-4-5-16(24)17(25)11-14)10-15(12)18-19(30)21(29-20(18)31)6-8-22(32,9-7-21)23(26,27)28/h2-5,10-11,30,32H,6-9H2,1H3,(H,29,31). The Bertz CT molecular complexity index is 1130. The van der Waals surface area contributed by atoms with Gasteiger partial charge in [-0.25, -0.2) is 8.78 Å². The second-order valence-corrected chi connectivity index (χ2v) is 8.45. The van der Waals surface area contributed by atoms with Crippen molar-refractivity contribution >= 4 is 11.5 Å². The lowest BCUT2D eigenvalue weighted by atomic mass is 9.73. The third kappa shape index (κ3) is 3.44. The van der Waals surface area contributed by atoms with Crippen molar-refractivity contribution in [2.75, 3.05) is 0 Å². The van der Waals surface area contributed by atoms with E-state index in [-0.39, 0.29) is 24.2 Å². The van der Waals surface area contributed by atoms with E-state index < -0.39 is 47.7 Å². The van der Waals surface area contributed by atoms with Crippen LogP contribution in [0.2, 0.25) is 0 Å². The number of alkyl halides is 3. The summed E-state index contributed by atoms with van der Waals surface area (Å²) in [6, 6.07) is 8.19. The number of aryl methyl sites for hydroxylation is 1. The SMILES string of the molecule is Cc1ccc(-c2ccc(F)c(F)c2)cc1C1=C(O)C2(CCC(O)(C(F)(F)F)CC2)NC1=O. The van der Waals surface area contributed by atoms with Crippen LogP contribution < -0.4 is 5.32 Å². The minimum atomic E-state index is -4.81. The van der Waals surface area contributed by atoms with Crippen molar-refractivity contribution in [1.29, 1.82) is 0 Å². The lowest BCUT2D eigenvalue weighted by Crippen LogP contribution is -2.56. The molecule has 1 heterocycles. The third-order valence-corrected chi connectivity index (χ3v) is 6.49. The van der Waals surface area contributed by atoms with E-state index in [1.807, 2.05) is 0 Å². The molecule has 2 aliphatic rings. The predicted molar refractivity (Wildman–Crippen MR) is 106 cm³/mol. The van der Waals surface area contributed by atoms with Gasteiger partial charge in [0.25, 0.3) is 5.91 Å². The third-order valence-electron chi connectivity index (χ3n) is 6.49. The van der Waals surface area contributed by atoms with E-state index in [0.29, 0.717) is 22.3 Å². The van der Waals surface area contributed by atoms with Crippen molar-refractivity contribution < 1.29 is 37.0 Å². The number of amides is 1. The lowest BCUT2D eigenvalue weighted by Gasteiger charge is -2.42. The molecule has 1 saturated carbocycles. The average molecular weight is 453 g/mol. The normalized spacial score (nSPS) is 26.0. The van der Waals surface area contributed by atoms with Crippen molar-refractivity contribution in [2.24, 2.45) is 0 Å². The van der Waals surface area contributed by atoms with E-state index in [9.17, 15) is 37.0 Å². The summed E-state index contributed by atoms with van der Waals surface area (Å²) in [6.45, 7) is 1.69. The Morgan fingerprint density at radius 1 is 0.938 bits per heavy atom. The molecule has 4 rings (SSSR count). The van der Waals surface area contributed by atoms with E-state index in [1.165, 1.54) is 6.07 Å². The fourth-order valence-electron chi connectivity index (χ4n) is 4.42. The Hall–Kier alpha value is -2.94. The molecular formula is C23H20F5NO3. The van der Waals surface area contributed by atoms with Gasteiger partial charge in [-0.15, -0.1) is 0 Å². The molecular weight excluding hydrogens is 433 g/mol. The van der Waals surface area contributed by atoms with Gasteiger partial charge in [0.1, 0.15) is 5.76 Å². The van der Waals surface area contributed by atoms with Gasteiger partial charge in [0.15, 0.2) is 17.2 Å². The van der Waals surface area contributed by atoms with Gasteiger partial charge in [-0.1, -0.05) is 18.2 Å². The highest BCUT2D eigenvalue weighted by molar-refractivity contribution is 6.23. The Morgan fingerprint density at radius 2 is 1.53 bits per heavy atom. The van der Waals surface area contributed by atoms with Gasteiger partial charge in [-0.3, -0.25) is 4.79 Å². The molecule has 0 radical (unpaired) electrons. The molecule has 1 fully saturated rings. The smallest absolute Gasteiger partial charge is 0.417 e. The number of halogens is 5. The van der Waals surface area contributed by atoms with Crippen molar-refractivity contribution in [3.8, 4) is 11.1 Å². The van der Waals surface area contributed by atoms with E-state index in [4.69, 9.17) is 0 Å². The number of rotatable bonds is 2. The molecule has 9 heteroatoms. The van der Waals surface area contributed by atoms with Gasteiger partial charge in [0.2, 0.25) is 0 Å². The van der Waals surface area contributed by atoms with Crippen LogP contribution in [0.1, 0.15) is 36.8 Å². The number of aliphatic hydroxyl groups is 2. The fourth-order valence-corrected chi connectivity index (χ4v) is 4.42. The van der Waals surface area contributed by atoms with Gasteiger partial charge in [-0.2, -0.15) is 13.2 Å². The fraction of sp³-hybridized carbons (Fsp3) is 0.348.